The van der Waals surface area contributed by atoms with Gasteiger partial charge in [0.1, 0.15) is 14.8 Å². The minimum absolute atomic E-state index is 0. The molecule has 0 bridgehead atoms. The Kier molecular flexibility index (Phi) is 31.0. The SMILES string of the molecule is CC1(C)OB(B2OC(C)(C)C(C)(C)O2)OC1(C)C.COC(=O)c1ccc(C)c(Br)c1.Cc1ccc(C(C)(C)O)cc1-c1ccc2c(n1)sc(=O)n2CC1CC1(F)F.Cc1ccc(C(C)(C)O)cc1B1OC(C)(C)C(C)(C)O1.Cc1ccc(C(C)(C)O)cc1Br.O=c1sc2nc(Cl)ccc2n1CC1CC1(F)F.[Br-].[CH3-].[Mg+2]. The van der Waals surface area contributed by atoms with Crippen molar-refractivity contribution < 1.29 is 87.3 Å². The average molecular weight is 1770 g/mol. The smallest absolute Gasteiger partial charge is 1.00 e. The number of halogens is 8. The number of pyridine rings is 2. The molecule has 13 rings (SSSR count). The molecule has 5 fully saturated rings. The summed E-state index contributed by atoms with van der Waals surface area (Å²) >= 11 is 14.4. The number of fused-ring (bicyclic) bond motifs is 2. The number of rotatable bonds is 11. The van der Waals surface area contributed by atoms with Crippen LogP contribution < -0.4 is 32.2 Å². The second-order valence-electron chi connectivity index (χ2n) is 32.3. The Morgan fingerprint density at radius 1 is 0.550 bits per heavy atom. The number of alkyl halides is 4. The van der Waals surface area contributed by atoms with Gasteiger partial charge in [-0.25, -0.2) is 32.3 Å². The number of aromatic nitrogens is 4. The van der Waals surface area contributed by atoms with Crippen molar-refractivity contribution in [3.05, 3.63) is 182 Å². The molecule has 2 atom stereocenters. The van der Waals surface area contributed by atoms with Crippen molar-refractivity contribution in [2.75, 3.05) is 7.11 Å². The Morgan fingerprint density at radius 3 is 1.28 bits per heavy atom. The van der Waals surface area contributed by atoms with Gasteiger partial charge in [0.15, 0.2) is 0 Å². The molecule has 3 N–H and O–H groups in total. The second kappa shape index (κ2) is 35.3. The van der Waals surface area contributed by atoms with Crippen molar-refractivity contribution in [3.8, 4) is 11.3 Å². The van der Waals surface area contributed by atoms with Crippen LogP contribution in [0.1, 0.15) is 187 Å². The Morgan fingerprint density at radius 2 is 0.899 bits per heavy atom. The first-order valence-corrected chi connectivity index (χ1v) is 38.5. The van der Waals surface area contributed by atoms with Crippen LogP contribution in [0.5, 0.6) is 0 Å². The van der Waals surface area contributed by atoms with Crippen molar-refractivity contribution in [2.24, 2.45) is 11.8 Å². The van der Waals surface area contributed by atoms with Gasteiger partial charge in [0.25, 0.3) is 11.8 Å². The molecule has 0 radical (unpaired) electrons. The molecular formula is C78H101B3Br3ClF4MgN4O13S2. The van der Waals surface area contributed by atoms with E-state index in [4.69, 9.17) is 39.5 Å². The molecule has 2 saturated carbocycles. The van der Waals surface area contributed by atoms with Crippen molar-refractivity contribution >= 4 is 142 Å². The zero-order chi connectivity index (χ0) is 79.6. The van der Waals surface area contributed by atoms with Gasteiger partial charge in [0, 0.05) is 52.3 Å². The molecule has 17 nitrogen and oxygen atoms in total. The van der Waals surface area contributed by atoms with E-state index in [0.29, 0.717) is 37.1 Å². The number of ether oxygens (including phenoxy) is 1. The number of esters is 1. The summed E-state index contributed by atoms with van der Waals surface area (Å²) in [6, 6.07) is 29.7. The van der Waals surface area contributed by atoms with Crippen LogP contribution in [0.25, 0.3) is 32.0 Å². The minimum Gasteiger partial charge on any atom is -1.00 e. The minimum atomic E-state index is -2.66. The number of carbonyl (C=O) groups is 1. The predicted molar refractivity (Wildman–Crippen MR) is 435 cm³/mol. The number of aryl methyl sites for hydroxylation is 4. The molecule has 2 unspecified atom stereocenters. The number of hydrogen-bond acceptors (Lipinski definition) is 17. The first-order valence-electron chi connectivity index (χ1n) is 34.9. The maximum absolute atomic E-state index is 13.2. The normalized spacial score (nSPS) is 19.6. The van der Waals surface area contributed by atoms with Gasteiger partial charge in [-0.05, 0) is 240 Å². The van der Waals surface area contributed by atoms with E-state index in [1.165, 1.54) is 21.8 Å². The molecule has 2 aliphatic carbocycles. The number of thiazole rings is 2. The van der Waals surface area contributed by atoms with Crippen molar-refractivity contribution in [3.63, 3.8) is 0 Å². The Bertz CT molecular complexity index is 4600. The quantitative estimate of drug-likeness (QED) is 0.0361. The van der Waals surface area contributed by atoms with E-state index in [0.717, 1.165) is 76.0 Å². The maximum atomic E-state index is 13.2. The van der Waals surface area contributed by atoms with Crippen molar-refractivity contribution in [1.29, 1.82) is 0 Å². The number of aliphatic hydroxyl groups is 3. The van der Waals surface area contributed by atoms with E-state index >= 15 is 0 Å². The molecule has 31 heteroatoms. The van der Waals surface area contributed by atoms with Crippen LogP contribution in [0.15, 0.2) is 116 Å². The topological polar surface area (TPSA) is 212 Å². The Balaban J connectivity index is 0.000000238. The van der Waals surface area contributed by atoms with E-state index in [1.807, 2.05) is 171 Å². The van der Waals surface area contributed by atoms with E-state index in [-0.39, 0.29) is 130 Å². The van der Waals surface area contributed by atoms with E-state index in [1.54, 1.807) is 77.9 Å². The number of carbonyl (C=O) groups excluding carboxylic acids is 1. The molecule has 0 amide bonds. The van der Waals surface area contributed by atoms with Crippen LogP contribution in [-0.4, -0.2) is 137 Å². The van der Waals surface area contributed by atoms with E-state index in [2.05, 4.69) is 46.6 Å². The van der Waals surface area contributed by atoms with Crippen LogP contribution in [-0.2, 0) is 62.6 Å². The molecule has 8 aromatic rings. The molecule has 3 aliphatic heterocycles. The standard InChI is InChI=1S/C20H20F2N2O2S.C16H25BO3.C12H24B2O4.C10H13BrO.C10H7ClF2N2OS.C9H9BrO2.CH3.BrH.Mg/c1-11-4-5-12(19(2,3)26)8-14(11)15-6-7-16-17(23-15)27-18(25)24(16)10-13-9-20(13,21)22;1-11-8-9-12(14(2,3)18)10-13(11)17-19-15(4,5)16(6,7)20-17;1-9(2)10(3,4)16-13(15-9)14-17-11(5,6)12(7,8)18-14;1-7-4-5-8(6-9(7)11)10(2,3)12;11-7-2-1-6-8(14-7)17-9(16)15(6)4-5-3-10(5,12)13;1-6-3-4-7(5-8(6)10)9(11)12-2;;;/h4-8,13,26H,9-10H2,1-3H3;8-10,18H,1-7H3;1-8H3;4-6,12H,1-3H3;1-2,5H,3-4H2;3-5H,1-2H3;1H3;1H;/q;;;;;;-1;;+2/p-1. The first-order chi connectivity index (χ1) is 48.4. The summed E-state index contributed by atoms with van der Waals surface area (Å²) in [6.07, 6.45) is -0.303. The van der Waals surface area contributed by atoms with Gasteiger partial charge in [0.05, 0.1) is 79.8 Å². The predicted octanol–water partition coefficient (Wildman–Crippen LogP) is 14.5. The molecule has 590 valence electrons. The molecule has 5 aliphatic rings. The maximum Gasteiger partial charge on any atom is 2.00 e. The molecule has 109 heavy (non-hydrogen) atoms. The van der Waals surface area contributed by atoms with Gasteiger partial charge in [-0.3, -0.25) is 18.7 Å². The van der Waals surface area contributed by atoms with Crippen LogP contribution >= 0.6 is 66.1 Å². The zero-order valence-corrected chi connectivity index (χ0v) is 75.3. The number of hydrogen-bond donors (Lipinski definition) is 3. The monoisotopic (exact) mass is 1770 g/mol. The van der Waals surface area contributed by atoms with Gasteiger partial charge in [-0.15, -0.1) is 0 Å². The van der Waals surface area contributed by atoms with Gasteiger partial charge in [-0.1, -0.05) is 120 Å². The van der Waals surface area contributed by atoms with Crippen LogP contribution in [0.3, 0.4) is 0 Å². The summed E-state index contributed by atoms with van der Waals surface area (Å²) in [5, 5.41) is 30.4. The van der Waals surface area contributed by atoms with Crippen molar-refractivity contribution in [1.82, 2.24) is 19.1 Å². The zero-order valence-electron chi connectivity index (χ0n) is 66.7. The molecular weight excluding hydrogens is 1670 g/mol. The van der Waals surface area contributed by atoms with Gasteiger partial charge in [0.2, 0.25) is 0 Å². The summed E-state index contributed by atoms with van der Waals surface area (Å²) in [6.45, 7) is 43.0. The number of methoxy groups -OCH3 is 1. The number of nitrogens with zero attached hydrogens (tertiary/aromatic N) is 4. The third kappa shape index (κ3) is 23.0. The summed E-state index contributed by atoms with van der Waals surface area (Å²) in [4.78, 5) is 44.1. The summed E-state index contributed by atoms with van der Waals surface area (Å²) in [5.74, 6) is -7.08. The summed E-state index contributed by atoms with van der Waals surface area (Å²) in [7, 11) is 0.0326. The molecule has 7 heterocycles. The Hall–Kier alpha value is -3.92. The van der Waals surface area contributed by atoms with Crippen LogP contribution in [0, 0.1) is 47.0 Å². The van der Waals surface area contributed by atoms with E-state index in [9.17, 15) is 47.3 Å². The van der Waals surface area contributed by atoms with E-state index < -0.39 is 54.5 Å². The summed E-state index contributed by atoms with van der Waals surface area (Å²) < 4.78 is 97.5. The van der Waals surface area contributed by atoms with Crippen LogP contribution in [0.2, 0.25) is 5.15 Å². The second-order valence-corrected chi connectivity index (χ2v) is 36.3. The van der Waals surface area contributed by atoms with Gasteiger partial charge in [-0.2, -0.15) is 0 Å². The number of benzene rings is 4. The fourth-order valence-electron chi connectivity index (χ4n) is 11.1. The van der Waals surface area contributed by atoms with Gasteiger partial charge >= 0.3 is 59.9 Å². The molecule has 3 saturated heterocycles. The fraction of sp³-hybridized carbons (Fsp3) is 0.513. The summed E-state index contributed by atoms with van der Waals surface area (Å²) in [5.41, 5.74) is 6.50. The first kappa shape index (κ1) is 95.7. The van der Waals surface area contributed by atoms with Crippen molar-refractivity contribution in [2.45, 2.75) is 241 Å². The third-order valence-corrected chi connectivity index (χ3v) is 24.4. The molecule has 4 aromatic heterocycles. The fourth-order valence-corrected chi connectivity index (χ4v) is 13.8. The third-order valence-electron chi connectivity index (χ3n) is 20.7. The average Bonchev–Trinajstić information content (AvgIpc) is 1.69. The Labute approximate surface area is 696 Å². The molecule has 0 spiro atoms. The molecule has 4 aromatic carbocycles. The van der Waals surface area contributed by atoms with Gasteiger partial charge < -0.3 is 72.4 Å². The largest absolute Gasteiger partial charge is 2.00 e. The van der Waals surface area contributed by atoms with Crippen LogP contribution in [0.4, 0.5) is 17.6 Å².